The van der Waals surface area contributed by atoms with Gasteiger partial charge < -0.3 is 20.1 Å². The molecule has 7 heteroatoms. The van der Waals surface area contributed by atoms with Crippen molar-refractivity contribution in [2.24, 2.45) is 10.9 Å². The van der Waals surface area contributed by atoms with Gasteiger partial charge in [-0.3, -0.25) is 9.89 Å². The Morgan fingerprint density at radius 3 is 2.50 bits per heavy atom. The molecule has 1 heterocycles. The number of aliphatic imine (C=N–C) groups is 1. The summed E-state index contributed by atoms with van der Waals surface area (Å²) in [5.74, 6) is 1.49. The number of guanidine groups is 1. The van der Waals surface area contributed by atoms with E-state index < -0.39 is 0 Å². The van der Waals surface area contributed by atoms with Gasteiger partial charge in [0.05, 0.1) is 19.3 Å². The van der Waals surface area contributed by atoms with Gasteiger partial charge in [-0.15, -0.1) is 24.0 Å². The summed E-state index contributed by atoms with van der Waals surface area (Å²) in [4.78, 5) is 6.88. The molecule has 1 saturated heterocycles. The van der Waals surface area contributed by atoms with E-state index >= 15 is 0 Å². The lowest BCUT2D eigenvalue weighted by atomic mass is 10.0. The zero-order valence-corrected chi connectivity index (χ0v) is 19.2. The Bertz CT molecular complexity index is 384. The second kappa shape index (κ2) is 14.0. The first-order valence-electron chi connectivity index (χ1n) is 10.1. The topological polar surface area (TPSA) is 58.1 Å². The summed E-state index contributed by atoms with van der Waals surface area (Å²) in [7, 11) is 1.84. The van der Waals surface area contributed by atoms with Gasteiger partial charge in [0.25, 0.3) is 0 Å². The average Bonchev–Trinajstić information content (AvgIpc) is 3.14. The molecule has 0 spiro atoms. The molecule has 154 valence electrons. The molecule has 26 heavy (non-hydrogen) atoms. The predicted octanol–water partition coefficient (Wildman–Crippen LogP) is 2.48. The zero-order valence-electron chi connectivity index (χ0n) is 16.8. The van der Waals surface area contributed by atoms with Crippen molar-refractivity contribution in [1.82, 2.24) is 15.5 Å². The Morgan fingerprint density at radius 2 is 1.88 bits per heavy atom. The van der Waals surface area contributed by atoms with Gasteiger partial charge in [0.1, 0.15) is 0 Å². The number of rotatable bonds is 9. The van der Waals surface area contributed by atoms with Gasteiger partial charge in [-0.25, -0.2) is 0 Å². The monoisotopic (exact) mass is 482 g/mol. The van der Waals surface area contributed by atoms with Crippen LogP contribution in [-0.2, 0) is 9.47 Å². The van der Waals surface area contributed by atoms with E-state index in [0.29, 0.717) is 18.1 Å². The molecule has 2 fully saturated rings. The largest absolute Gasteiger partial charge is 0.379 e. The number of ether oxygens (including phenoxy) is 2. The average molecular weight is 482 g/mol. The van der Waals surface area contributed by atoms with Crippen LogP contribution in [0.15, 0.2) is 4.99 Å². The van der Waals surface area contributed by atoms with Crippen LogP contribution in [0.2, 0.25) is 0 Å². The van der Waals surface area contributed by atoms with Crippen molar-refractivity contribution in [3.05, 3.63) is 0 Å². The van der Waals surface area contributed by atoms with Crippen molar-refractivity contribution in [3.63, 3.8) is 0 Å². The van der Waals surface area contributed by atoms with E-state index in [0.717, 1.165) is 58.4 Å². The van der Waals surface area contributed by atoms with Crippen molar-refractivity contribution in [3.8, 4) is 0 Å². The first kappa shape index (κ1) is 23.9. The van der Waals surface area contributed by atoms with Crippen molar-refractivity contribution >= 4 is 29.9 Å². The summed E-state index contributed by atoms with van der Waals surface area (Å²) in [5.41, 5.74) is 0. The lowest BCUT2D eigenvalue weighted by Gasteiger charge is -2.37. The molecule has 1 atom stereocenters. The molecule has 0 aromatic heterocycles. The minimum atomic E-state index is 0. The molecule has 0 amide bonds. The molecule has 0 aromatic carbocycles. The molecule has 2 N–H and O–H groups in total. The van der Waals surface area contributed by atoms with E-state index in [1.807, 2.05) is 7.05 Å². The molecule has 2 rings (SSSR count). The van der Waals surface area contributed by atoms with Gasteiger partial charge in [0.15, 0.2) is 5.96 Å². The van der Waals surface area contributed by atoms with Gasteiger partial charge in [0, 0.05) is 45.9 Å². The maximum Gasteiger partial charge on any atom is 0.191 e. The van der Waals surface area contributed by atoms with Crippen LogP contribution in [0.25, 0.3) is 0 Å². The fourth-order valence-electron chi connectivity index (χ4n) is 3.70. The normalized spacial score (nSPS) is 20.8. The Kier molecular flexibility index (Phi) is 12.8. The summed E-state index contributed by atoms with van der Waals surface area (Å²) in [6.07, 6.45) is 6.69. The SMILES string of the molecule is CN=C(NCCCOC1CCCC1)NCC(C(C)C)N1CCOCC1.I. The third-order valence-corrected chi connectivity index (χ3v) is 5.26. The highest BCUT2D eigenvalue weighted by Gasteiger charge is 2.23. The van der Waals surface area contributed by atoms with Crippen LogP contribution in [0, 0.1) is 5.92 Å². The Labute approximate surface area is 176 Å². The molecular formula is C19H39IN4O2. The summed E-state index contributed by atoms with van der Waals surface area (Å²) >= 11 is 0. The van der Waals surface area contributed by atoms with Gasteiger partial charge >= 0.3 is 0 Å². The first-order chi connectivity index (χ1) is 12.2. The van der Waals surface area contributed by atoms with Crippen LogP contribution in [0.4, 0.5) is 0 Å². The molecule has 0 bridgehead atoms. The fraction of sp³-hybridized carbons (Fsp3) is 0.947. The van der Waals surface area contributed by atoms with Gasteiger partial charge in [-0.05, 0) is 25.2 Å². The molecule has 1 unspecified atom stereocenters. The van der Waals surface area contributed by atoms with E-state index in [-0.39, 0.29) is 24.0 Å². The number of halogens is 1. The number of hydrogen-bond donors (Lipinski definition) is 2. The molecule has 0 aromatic rings. The molecular weight excluding hydrogens is 443 g/mol. The lowest BCUT2D eigenvalue weighted by molar-refractivity contribution is 0.00752. The molecule has 2 aliphatic rings. The van der Waals surface area contributed by atoms with Crippen molar-refractivity contribution in [2.75, 3.05) is 53.0 Å². The van der Waals surface area contributed by atoms with Crippen LogP contribution >= 0.6 is 24.0 Å². The third kappa shape index (κ3) is 8.71. The molecule has 0 radical (unpaired) electrons. The predicted molar refractivity (Wildman–Crippen MR) is 119 cm³/mol. The Morgan fingerprint density at radius 1 is 1.19 bits per heavy atom. The summed E-state index contributed by atoms with van der Waals surface area (Å²) in [5, 5.41) is 6.90. The van der Waals surface area contributed by atoms with Crippen molar-refractivity contribution in [2.45, 2.75) is 58.1 Å². The van der Waals surface area contributed by atoms with Crippen molar-refractivity contribution < 1.29 is 9.47 Å². The number of nitrogens with one attached hydrogen (secondary N) is 2. The van der Waals surface area contributed by atoms with E-state index in [1.165, 1.54) is 25.7 Å². The summed E-state index contributed by atoms with van der Waals surface area (Å²) < 4.78 is 11.4. The first-order valence-corrected chi connectivity index (χ1v) is 10.1. The van der Waals surface area contributed by atoms with E-state index in [9.17, 15) is 0 Å². The van der Waals surface area contributed by atoms with Gasteiger partial charge in [-0.2, -0.15) is 0 Å². The highest BCUT2D eigenvalue weighted by atomic mass is 127. The van der Waals surface area contributed by atoms with Crippen LogP contribution in [0.5, 0.6) is 0 Å². The quantitative estimate of drug-likeness (QED) is 0.229. The smallest absolute Gasteiger partial charge is 0.191 e. The maximum atomic E-state index is 5.91. The minimum Gasteiger partial charge on any atom is -0.379 e. The van der Waals surface area contributed by atoms with Crippen molar-refractivity contribution in [1.29, 1.82) is 0 Å². The molecule has 1 saturated carbocycles. The van der Waals surface area contributed by atoms with E-state index in [1.54, 1.807) is 0 Å². The minimum absolute atomic E-state index is 0. The van der Waals surface area contributed by atoms with Crippen LogP contribution in [-0.4, -0.2) is 76.1 Å². The van der Waals surface area contributed by atoms with E-state index in [4.69, 9.17) is 9.47 Å². The van der Waals surface area contributed by atoms with Gasteiger partial charge in [-0.1, -0.05) is 26.7 Å². The van der Waals surface area contributed by atoms with Crippen LogP contribution in [0.1, 0.15) is 46.0 Å². The van der Waals surface area contributed by atoms with E-state index in [2.05, 4.69) is 34.4 Å². The summed E-state index contributed by atoms with van der Waals surface area (Å²) in [6, 6.07) is 0.508. The van der Waals surface area contributed by atoms with Gasteiger partial charge in [0.2, 0.25) is 0 Å². The second-order valence-electron chi connectivity index (χ2n) is 7.47. The summed E-state index contributed by atoms with van der Waals surface area (Å²) in [6.45, 7) is 11.0. The highest BCUT2D eigenvalue weighted by molar-refractivity contribution is 14.0. The fourth-order valence-corrected chi connectivity index (χ4v) is 3.70. The highest BCUT2D eigenvalue weighted by Crippen LogP contribution is 2.20. The second-order valence-corrected chi connectivity index (χ2v) is 7.47. The lowest BCUT2D eigenvalue weighted by Crippen LogP contribution is -2.52. The standard InChI is InChI=1S/C19H38N4O2.HI/c1-16(2)18(23-10-13-24-14-11-23)15-22-19(20-3)21-9-6-12-25-17-7-4-5-8-17;/h16-18H,4-15H2,1-3H3,(H2,20,21,22);1H. The Hall–Kier alpha value is -0.120. The molecule has 6 nitrogen and oxygen atoms in total. The zero-order chi connectivity index (χ0) is 17.9. The number of morpholine rings is 1. The maximum absolute atomic E-state index is 5.91. The van der Waals surface area contributed by atoms with Crippen LogP contribution in [0.3, 0.4) is 0 Å². The number of hydrogen-bond acceptors (Lipinski definition) is 4. The molecule has 1 aliphatic carbocycles. The Balaban J connectivity index is 0.00000338. The number of nitrogens with zero attached hydrogens (tertiary/aromatic N) is 2. The third-order valence-electron chi connectivity index (χ3n) is 5.26. The van der Waals surface area contributed by atoms with Crippen LogP contribution < -0.4 is 10.6 Å². The molecule has 1 aliphatic heterocycles.